The maximum atomic E-state index is 11.7. The molecule has 0 saturated carbocycles. The predicted molar refractivity (Wildman–Crippen MR) is 83.9 cm³/mol. The lowest BCUT2D eigenvalue weighted by Crippen LogP contribution is -2.13. The molecule has 0 amide bonds. The molecule has 1 rings (SSSR count). The molecule has 0 aliphatic rings. The Morgan fingerprint density at radius 1 is 0.900 bits per heavy atom. The summed E-state index contributed by atoms with van der Waals surface area (Å²) in [5, 5.41) is 0. The monoisotopic (exact) mass is 301 g/mol. The highest BCUT2D eigenvalue weighted by Gasteiger charge is 2.11. The highest BCUT2D eigenvalue weighted by atomic mass is 32.2. The van der Waals surface area contributed by atoms with E-state index < -0.39 is 10.1 Å². The quantitative estimate of drug-likeness (QED) is 0.516. The zero-order valence-electron chi connectivity index (χ0n) is 12.4. The minimum atomic E-state index is -3.43. The lowest BCUT2D eigenvalue weighted by atomic mass is 10.1. The van der Waals surface area contributed by atoms with Gasteiger partial charge in [0.2, 0.25) is 0 Å². The van der Waals surface area contributed by atoms with Crippen molar-refractivity contribution >= 4 is 10.1 Å². The minimum absolute atomic E-state index is 0. The normalized spacial score (nSPS) is 10.8. The molecule has 20 heavy (non-hydrogen) atoms. The van der Waals surface area contributed by atoms with E-state index in [-0.39, 0.29) is 11.9 Å². The molecule has 0 unspecified atom stereocenters. The molecule has 1 aromatic rings. The highest BCUT2D eigenvalue weighted by molar-refractivity contribution is 7.87. The first-order valence-electron chi connectivity index (χ1n) is 7.11. The second-order valence-electron chi connectivity index (χ2n) is 4.78. The molecule has 0 heterocycles. The first-order valence-corrected chi connectivity index (χ1v) is 8.69. The minimum Gasteiger partial charge on any atom is -0.382 e. The van der Waals surface area contributed by atoms with Gasteiger partial charge in [-0.1, -0.05) is 63.6 Å². The van der Waals surface area contributed by atoms with Crippen molar-refractivity contribution in [1.29, 1.82) is 0 Å². The molecule has 0 atom stereocenters. The molecule has 0 spiro atoms. The number of rotatable bonds is 10. The zero-order chi connectivity index (χ0) is 14.0. The van der Waals surface area contributed by atoms with E-state index in [1.54, 1.807) is 24.3 Å². The van der Waals surface area contributed by atoms with Crippen molar-refractivity contribution in [1.82, 2.24) is 6.15 Å². The fourth-order valence-corrected chi connectivity index (χ4v) is 2.95. The van der Waals surface area contributed by atoms with Gasteiger partial charge in [0.25, 0.3) is 0 Å². The molecule has 4 nitrogen and oxygen atoms in total. The van der Waals surface area contributed by atoms with Crippen molar-refractivity contribution < 1.29 is 12.6 Å². The van der Waals surface area contributed by atoms with Gasteiger partial charge in [-0.15, -0.1) is 0 Å². The summed E-state index contributed by atoms with van der Waals surface area (Å²) in [6.07, 6.45) is 7.72. The Morgan fingerprint density at radius 3 is 2.05 bits per heavy atom. The Labute approximate surface area is 123 Å². The largest absolute Gasteiger partial charge is 0.382 e. The standard InChI is InChI=1S/C15H24O3S.H3N/c1-2-3-4-5-6-7-11-14-19(16,17)18-15-12-9-8-10-13-15;/h8-10,12-13H,2-7,11,14H2,1H3;1H3. The van der Waals surface area contributed by atoms with Gasteiger partial charge in [-0.3, -0.25) is 0 Å². The van der Waals surface area contributed by atoms with Gasteiger partial charge in [0.05, 0.1) is 5.75 Å². The fourth-order valence-electron chi connectivity index (χ4n) is 1.90. The maximum Gasteiger partial charge on any atom is 0.309 e. The van der Waals surface area contributed by atoms with Gasteiger partial charge >= 0.3 is 10.1 Å². The fraction of sp³-hybridized carbons (Fsp3) is 0.600. The van der Waals surface area contributed by atoms with Crippen LogP contribution in [0.5, 0.6) is 5.75 Å². The van der Waals surface area contributed by atoms with Crippen molar-refractivity contribution in [3.05, 3.63) is 30.3 Å². The molecule has 0 aliphatic heterocycles. The van der Waals surface area contributed by atoms with E-state index in [0.717, 1.165) is 12.8 Å². The Morgan fingerprint density at radius 2 is 1.45 bits per heavy atom. The van der Waals surface area contributed by atoms with E-state index >= 15 is 0 Å². The third-order valence-corrected chi connectivity index (χ3v) is 4.20. The summed E-state index contributed by atoms with van der Waals surface area (Å²) in [7, 11) is -3.43. The van der Waals surface area contributed by atoms with Crippen LogP contribution in [-0.4, -0.2) is 14.2 Å². The van der Waals surface area contributed by atoms with E-state index in [0.29, 0.717) is 12.2 Å². The van der Waals surface area contributed by atoms with Crippen LogP contribution >= 0.6 is 0 Å². The molecule has 0 aliphatic carbocycles. The van der Waals surface area contributed by atoms with Gasteiger partial charge in [0.1, 0.15) is 5.75 Å². The summed E-state index contributed by atoms with van der Waals surface area (Å²) in [4.78, 5) is 0. The Hall–Kier alpha value is -1.07. The topological polar surface area (TPSA) is 78.4 Å². The highest BCUT2D eigenvalue weighted by Crippen LogP contribution is 2.13. The van der Waals surface area contributed by atoms with Crippen molar-refractivity contribution in [2.45, 2.75) is 51.9 Å². The van der Waals surface area contributed by atoms with Crippen LogP contribution in [0.25, 0.3) is 0 Å². The number of para-hydroxylation sites is 1. The van der Waals surface area contributed by atoms with Crippen molar-refractivity contribution in [2.24, 2.45) is 0 Å². The van der Waals surface area contributed by atoms with Crippen LogP contribution in [0.3, 0.4) is 0 Å². The number of hydrogen-bond acceptors (Lipinski definition) is 4. The van der Waals surface area contributed by atoms with E-state index in [9.17, 15) is 8.42 Å². The predicted octanol–water partition coefficient (Wildman–Crippen LogP) is 4.31. The van der Waals surface area contributed by atoms with Crippen LogP contribution in [0.15, 0.2) is 30.3 Å². The molecule has 0 fully saturated rings. The lowest BCUT2D eigenvalue weighted by molar-refractivity contribution is 0.481. The summed E-state index contributed by atoms with van der Waals surface area (Å²) < 4.78 is 28.4. The van der Waals surface area contributed by atoms with Crippen LogP contribution in [-0.2, 0) is 10.1 Å². The Balaban J connectivity index is 0.00000361. The second-order valence-corrected chi connectivity index (χ2v) is 6.47. The van der Waals surface area contributed by atoms with Crippen LogP contribution in [0, 0.1) is 0 Å². The van der Waals surface area contributed by atoms with Crippen LogP contribution in [0.4, 0.5) is 0 Å². The second kappa shape index (κ2) is 10.7. The van der Waals surface area contributed by atoms with Crippen LogP contribution < -0.4 is 10.3 Å². The molecular formula is C15H27NO3S. The number of hydrogen-bond donors (Lipinski definition) is 1. The summed E-state index contributed by atoms with van der Waals surface area (Å²) in [5.74, 6) is 0.501. The van der Waals surface area contributed by atoms with Crippen molar-refractivity contribution in [3.63, 3.8) is 0 Å². The Kier molecular flexibility index (Phi) is 10.1. The van der Waals surface area contributed by atoms with Gasteiger partial charge in [-0.25, -0.2) is 0 Å². The molecule has 5 heteroatoms. The summed E-state index contributed by atoms with van der Waals surface area (Å²) in [5.41, 5.74) is 0. The van der Waals surface area contributed by atoms with Gasteiger partial charge in [-0.05, 0) is 18.6 Å². The third kappa shape index (κ3) is 8.93. The van der Waals surface area contributed by atoms with E-state index in [1.165, 1.54) is 25.7 Å². The van der Waals surface area contributed by atoms with E-state index in [2.05, 4.69) is 6.92 Å². The Bertz CT molecular complexity index is 432. The van der Waals surface area contributed by atoms with Crippen LogP contribution in [0.1, 0.15) is 51.9 Å². The van der Waals surface area contributed by atoms with Gasteiger partial charge in [-0.2, -0.15) is 8.42 Å². The van der Waals surface area contributed by atoms with Gasteiger partial charge < -0.3 is 10.3 Å². The SMILES string of the molecule is CCCCCCCCCS(=O)(=O)Oc1ccccc1.N. The third-order valence-electron chi connectivity index (χ3n) is 2.96. The molecule has 0 radical (unpaired) electrons. The molecule has 0 aromatic heterocycles. The van der Waals surface area contributed by atoms with Crippen molar-refractivity contribution in [2.75, 3.05) is 5.75 Å². The molecule has 1 aromatic carbocycles. The molecule has 0 bridgehead atoms. The lowest BCUT2D eigenvalue weighted by Gasteiger charge is -2.06. The molecule has 3 N–H and O–H groups in total. The molecule has 116 valence electrons. The van der Waals surface area contributed by atoms with E-state index in [1.807, 2.05) is 6.07 Å². The van der Waals surface area contributed by atoms with Gasteiger partial charge in [0.15, 0.2) is 0 Å². The summed E-state index contributed by atoms with van der Waals surface area (Å²) in [6, 6.07) is 8.66. The van der Waals surface area contributed by atoms with Gasteiger partial charge in [0, 0.05) is 0 Å². The average molecular weight is 301 g/mol. The smallest absolute Gasteiger partial charge is 0.309 e. The van der Waals surface area contributed by atoms with Crippen LogP contribution in [0.2, 0.25) is 0 Å². The number of benzene rings is 1. The van der Waals surface area contributed by atoms with Crippen molar-refractivity contribution in [3.8, 4) is 5.75 Å². The molecule has 0 saturated heterocycles. The first-order chi connectivity index (χ1) is 9.14. The number of unbranched alkanes of at least 4 members (excludes halogenated alkanes) is 6. The van der Waals surface area contributed by atoms with E-state index in [4.69, 9.17) is 4.18 Å². The summed E-state index contributed by atoms with van der Waals surface area (Å²) in [6.45, 7) is 2.19. The molecular weight excluding hydrogens is 274 g/mol. The zero-order valence-corrected chi connectivity index (χ0v) is 13.2. The maximum absolute atomic E-state index is 11.7. The summed E-state index contributed by atoms with van der Waals surface area (Å²) >= 11 is 0. The first kappa shape index (κ1) is 18.9. The average Bonchev–Trinajstić information content (AvgIpc) is 2.38.